The number of nitrogens with two attached hydrogens (primary N) is 1. The fraction of sp³-hybridized carbons (Fsp3) is 0. The molecule has 12 aromatic rings. The van der Waals surface area contributed by atoms with Gasteiger partial charge in [-0.25, -0.2) is 15.0 Å². The largest absolute Gasteiger partial charge is 0.399 e. The first-order valence-corrected chi connectivity index (χ1v) is 20.5. The van der Waals surface area contributed by atoms with Gasteiger partial charge in [-0.2, -0.15) is 0 Å². The number of benzene rings is 9. The highest BCUT2D eigenvalue weighted by Crippen LogP contribution is 2.44. The first kappa shape index (κ1) is 34.7. The Morgan fingerprint density at radius 3 is 1.66 bits per heavy atom. The van der Waals surface area contributed by atoms with Crippen molar-refractivity contribution < 1.29 is 0 Å². The molecule has 0 saturated carbocycles. The Bertz CT molecular complexity index is 3640. The summed E-state index contributed by atoms with van der Waals surface area (Å²) in [6.07, 6.45) is 0. The van der Waals surface area contributed by atoms with Gasteiger partial charge >= 0.3 is 0 Å². The number of nitrogen functional groups attached to an aromatic ring is 1. The van der Waals surface area contributed by atoms with E-state index in [-0.39, 0.29) is 0 Å². The molecule has 286 valence electrons. The molecule has 0 saturated heterocycles. The van der Waals surface area contributed by atoms with Gasteiger partial charge in [-0.1, -0.05) is 164 Å². The number of fused-ring (bicyclic) bond motifs is 8. The van der Waals surface area contributed by atoms with Gasteiger partial charge in [-0.3, -0.25) is 0 Å². The fourth-order valence-electron chi connectivity index (χ4n) is 9.13. The van der Waals surface area contributed by atoms with E-state index in [4.69, 9.17) is 20.7 Å². The van der Waals surface area contributed by atoms with Gasteiger partial charge in [-0.05, 0) is 59.0 Å². The summed E-state index contributed by atoms with van der Waals surface area (Å²) in [5.74, 6) is 1.71. The molecule has 0 atom stereocenters. The Morgan fingerprint density at radius 2 is 0.902 bits per heavy atom. The third kappa shape index (κ3) is 5.61. The van der Waals surface area contributed by atoms with Crippen LogP contribution in [0, 0.1) is 0 Å². The van der Waals surface area contributed by atoms with Gasteiger partial charge in [0, 0.05) is 49.3 Å². The first-order chi connectivity index (χ1) is 30.2. The van der Waals surface area contributed by atoms with E-state index in [1.54, 1.807) is 0 Å². The summed E-state index contributed by atoms with van der Waals surface area (Å²) in [4.78, 5) is 15.6. The number of rotatable bonds is 6. The molecule has 0 aliphatic rings. The summed E-state index contributed by atoms with van der Waals surface area (Å²) in [6.45, 7) is 0. The summed E-state index contributed by atoms with van der Waals surface area (Å²) in [7, 11) is 0. The summed E-state index contributed by atoms with van der Waals surface area (Å²) in [6, 6.07) is 72.1. The number of nitrogens with zero attached hydrogens (tertiary/aromatic N) is 5. The second-order valence-electron chi connectivity index (χ2n) is 15.5. The second kappa shape index (κ2) is 13.9. The predicted octanol–water partition coefficient (Wildman–Crippen LogP) is 13.5. The lowest BCUT2D eigenvalue weighted by atomic mass is 10.0. The lowest BCUT2D eigenvalue weighted by molar-refractivity contribution is 1.06. The molecule has 0 spiro atoms. The van der Waals surface area contributed by atoms with E-state index in [1.165, 1.54) is 21.5 Å². The highest BCUT2D eigenvalue weighted by atomic mass is 15.1. The number of hydrogen-bond donors (Lipinski definition) is 1. The molecular weight excluding hydrogens is 745 g/mol. The van der Waals surface area contributed by atoms with Crippen molar-refractivity contribution in [3.05, 3.63) is 206 Å². The summed E-state index contributed by atoms with van der Waals surface area (Å²) >= 11 is 0. The zero-order valence-corrected chi connectivity index (χ0v) is 32.9. The van der Waals surface area contributed by atoms with Gasteiger partial charge in [0.2, 0.25) is 0 Å². The van der Waals surface area contributed by atoms with Gasteiger partial charge in [0.05, 0.1) is 33.4 Å². The zero-order valence-electron chi connectivity index (χ0n) is 32.9. The van der Waals surface area contributed by atoms with Crippen LogP contribution in [0.1, 0.15) is 0 Å². The van der Waals surface area contributed by atoms with Crippen LogP contribution in [0.4, 0.5) is 5.69 Å². The quantitative estimate of drug-likeness (QED) is 0.171. The SMILES string of the molecule is Nc1ccc(-n2c3ccccc3c3ccc4c(c5ccccc5n4-c4cccc5ccccc45)c32)c(-c2nc(-c3ccccc3)nc(-c3ccc(-c4ccccc4)cc3)n2)c1. The molecule has 0 amide bonds. The lowest BCUT2D eigenvalue weighted by Crippen LogP contribution is -2.04. The van der Waals surface area contributed by atoms with Crippen LogP contribution in [0.15, 0.2) is 206 Å². The summed E-state index contributed by atoms with van der Waals surface area (Å²) < 4.78 is 4.81. The van der Waals surface area contributed by atoms with Gasteiger partial charge < -0.3 is 14.9 Å². The van der Waals surface area contributed by atoms with E-state index in [2.05, 4.69) is 167 Å². The molecule has 2 N–H and O–H groups in total. The lowest BCUT2D eigenvalue weighted by Gasteiger charge is -2.16. The van der Waals surface area contributed by atoms with Crippen LogP contribution in [0.25, 0.3) is 111 Å². The van der Waals surface area contributed by atoms with Crippen molar-refractivity contribution in [2.24, 2.45) is 0 Å². The molecule has 6 heteroatoms. The second-order valence-corrected chi connectivity index (χ2v) is 15.5. The Kier molecular flexibility index (Phi) is 7.90. The van der Waals surface area contributed by atoms with Crippen LogP contribution >= 0.6 is 0 Å². The van der Waals surface area contributed by atoms with Crippen molar-refractivity contribution in [3.8, 4) is 56.7 Å². The Hall–Kier alpha value is -8.35. The Morgan fingerprint density at radius 1 is 0.344 bits per heavy atom. The Balaban J connectivity index is 1.14. The molecule has 0 unspecified atom stereocenters. The minimum Gasteiger partial charge on any atom is -0.399 e. The maximum Gasteiger partial charge on any atom is 0.166 e. The molecule has 0 aliphatic carbocycles. The summed E-state index contributed by atoms with van der Waals surface area (Å²) in [5, 5.41) is 7.05. The maximum absolute atomic E-state index is 6.71. The van der Waals surface area contributed by atoms with Gasteiger partial charge in [0.25, 0.3) is 0 Å². The van der Waals surface area contributed by atoms with Crippen molar-refractivity contribution in [2.45, 2.75) is 0 Å². The molecule has 0 radical (unpaired) electrons. The summed E-state index contributed by atoms with van der Waals surface area (Å²) in [5.41, 5.74) is 18.7. The van der Waals surface area contributed by atoms with Crippen molar-refractivity contribution >= 4 is 60.1 Å². The van der Waals surface area contributed by atoms with Gasteiger partial charge in [0.1, 0.15) is 0 Å². The Labute approximate surface area is 351 Å². The van der Waals surface area contributed by atoms with Gasteiger partial charge in [-0.15, -0.1) is 0 Å². The predicted molar refractivity (Wildman–Crippen MR) is 252 cm³/mol. The molecule has 12 rings (SSSR count). The van der Waals surface area contributed by atoms with Crippen LogP contribution in [-0.2, 0) is 0 Å². The van der Waals surface area contributed by atoms with Crippen LogP contribution in [-0.4, -0.2) is 24.1 Å². The number of anilines is 1. The molecule has 0 fully saturated rings. The highest BCUT2D eigenvalue weighted by molar-refractivity contribution is 6.26. The van der Waals surface area contributed by atoms with Crippen molar-refractivity contribution in [1.29, 1.82) is 0 Å². The average molecular weight is 781 g/mol. The molecule has 6 nitrogen and oxygen atoms in total. The minimum absolute atomic E-state index is 0.537. The molecular formula is C55H36N6. The third-order valence-corrected chi connectivity index (χ3v) is 11.9. The van der Waals surface area contributed by atoms with E-state index in [1.807, 2.05) is 48.5 Å². The van der Waals surface area contributed by atoms with Crippen LogP contribution in [0.5, 0.6) is 0 Å². The van der Waals surface area contributed by atoms with Crippen molar-refractivity contribution in [3.63, 3.8) is 0 Å². The molecule has 0 aliphatic heterocycles. The highest BCUT2D eigenvalue weighted by Gasteiger charge is 2.24. The van der Waals surface area contributed by atoms with Crippen LogP contribution in [0.2, 0.25) is 0 Å². The normalized spacial score (nSPS) is 11.7. The minimum atomic E-state index is 0.537. The number of hydrogen-bond acceptors (Lipinski definition) is 4. The van der Waals surface area contributed by atoms with E-state index in [9.17, 15) is 0 Å². The van der Waals surface area contributed by atoms with Crippen LogP contribution in [0.3, 0.4) is 0 Å². The zero-order chi connectivity index (χ0) is 40.4. The first-order valence-electron chi connectivity index (χ1n) is 20.5. The van der Waals surface area contributed by atoms with E-state index in [0.29, 0.717) is 23.2 Å². The molecule has 3 heterocycles. The van der Waals surface area contributed by atoms with E-state index < -0.39 is 0 Å². The maximum atomic E-state index is 6.71. The fourth-order valence-corrected chi connectivity index (χ4v) is 9.13. The van der Waals surface area contributed by atoms with Crippen molar-refractivity contribution in [1.82, 2.24) is 24.1 Å². The molecule has 61 heavy (non-hydrogen) atoms. The van der Waals surface area contributed by atoms with Crippen molar-refractivity contribution in [2.75, 3.05) is 5.73 Å². The standard InChI is InChI=1S/C55H36N6/c56-40-30-32-49(45(34-40)55-58-53(38-17-5-2-6-18-38)57-54(59-55)39-28-26-36(27-29-39)35-14-3-1-4-15-35)61-47-23-11-9-21-42(47)43-31-33-50-51(52(43)61)44-22-10-12-24-48(44)60(50)46-25-13-19-37-16-7-8-20-41(37)46/h1-34H,56H2. The average Bonchev–Trinajstić information content (AvgIpc) is 3.85. The van der Waals surface area contributed by atoms with Gasteiger partial charge in [0.15, 0.2) is 17.5 Å². The molecule has 3 aromatic heterocycles. The number of aromatic nitrogens is 5. The van der Waals surface area contributed by atoms with E-state index in [0.717, 1.165) is 72.0 Å². The topological polar surface area (TPSA) is 74.5 Å². The number of para-hydroxylation sites is 2. The van der Waals surface area contributed by atoms with E-state index >= 15 is 0 Å². The third-order valence-electron chi connectivity index (χ3n) is 11.9. The monoisotopic (exact) mass is 780 g/mol. The smallest absolute Gasteiger partial charge is 0.166 e. The molecule has 9 aromatic carbocycles. The van der Waals surface area contributed by atoms with Crippen LogP contribution < -0.4 is 5.73 Å². The molecule has 0 bridgehead atoms.